The number of aliphatic hydroxyl groups is 1. The van der Waals surface area contributed by atoms with Gasteiger partial charge in [0.1, 0.15) is 5.75 Å². The van der Waals surface area contributed by atoms with Crippen LogP contribution in [0.3, 0.4) is 0 Å². The van der Waals surface area contributed by atoms with Crippen LogP contribution in [-0.4, -0.2) is 46.7 Å². The van der Waals surface area contributed by atoms with Gasteiger partial charge in [0.25, 0.3) is 0 Å². The fourth-order valence-corrected chi connectivity index (χ4v) is 3.83. The number of aliphatic hydroxyl groups excluding tert-OH is 1. The van der Waals surface area contributed by atoms with Gasteiger partial charge in [-0.15, -0.1) is 0 Å². The van der Waals surface area contributed by atoms with E-state index in [-0.39, 0.29) is 18.4 Å². The molecule has 2 atom stereocenters. The first kappa shape index (κ1) is 19.9. The third kappa shape index (κ3) is 4.72. The molecule has 1 saturated heterocycles. The number of methoxy groups -OCH3 is 1. The van der Waals surface area contributed by atoms with Crippen molar-refractivity contribution in [1.29, 1.82) is 0 Å². The van der Waals surface area contributed by atoms with Gasteiger partial charge in [-0.3, -0.25) is 9.78 Å². The molecule has 2 aromatic rings. The molecule has 1 aliphatic heterocycles. The zero-order valence-corrected chi connectivity index (χ0v) is 16.6. The number of aromatic nitrogens is 1. The second kappa shape index (κ2) is 8.91. The second-order valence-corrected chi connectivity index (χ2v) is 7.50. The minimum absolute atomic E-state index is 0.0417. The predicted molar refractivity (Wildman–Crippen MR) is 105 cm³/mol. The highest BCUT2D eigenvalue weighted by Gasteiger charge is 2.33. The van der Waals surface area contributed by atoms with Crippen molar-refractivity contribution in [2.45, 2.75) is 37.8 Å². The van der Waals surface area contributed by atoms with Gasteiger partial charge in [0.15, 0.2) is 0 Å². The number of amides is 1. The molecule has 7 heteroatoms. The van der Waals surface area contributed by atoms with Gasteiger partial charge in [0.05, 0.1) is 35.7 Å². The van der Waals surface area contributed by atoms with E-state index in [1.165, 1.54) is 0 Å². The Bertz CT molecular complexity index is 816. The van der Waals surface area contributed by atoms with Crippen molar-refractivity contribution in [3.05, 3.63) is 57.8 Å². The molecule has 27 heavy (non-hydrogen) atoms. The fraction of sp³-hybridized carbons (Fsp3) is 0.400. The highest BCUT2D eigenvalue weighted by Crippen LogP contribution is 2.27. The van der Waals surface area contributed by atoms with Crippen LogP contribution in [0, 0.1) is 0 Å². The van der Waals surface area contributed by atoms with Crippen LogP contribution in [0.4, 0.5) is 0 Å². The number of rotatable bonds is 5. The third-order valence-electron chi connectivity index (χ3n) is 4.91. The van der Waals surface area contributed by atoms with E-state index in [2.05, 4.69) is 4.98 Å². The number of nitrogens with zero attached hydrogens (tertiary/aromatic N) is 2. The molecule has 0 bridgehead atoms. The van der Waals surface area contributed by atoms with Crippen LogP contribution < -0.4 is 4.74 Å². The first-order valence-corrected chi connectivity index (χ1v) is 9.63. The first-order valence-electron chi connectivity index (χ1n) is 8.88. The Kier molecular flexibility index (Phi) is 6.58. The number of carbonyl (C=O) groups excluding carboxylic acids is 1. The second-order valence-electron chi connectivity index (χ2n) is 6.68. The molecule has 1 aliphatic rings. The van der Waals surface area contributed by atoms with Crippen LogP contribution in [0.5, 0.6) is 5.75 Å². The van der Waals surface area contributed by atoms with Gasteiger partial charge >= 0.3 is 0 Å². The zero-order chi connectivity index (χ0) is 19.4. The van der Waals surface area contributed by atoms with Gasteiger partial charge in [-0.25, -0.2) is 0 Å². The molecule has 2 heterocycles. The lowest BCUT2D eigenvalue weighted by molar-refractivity contribution is -0.138. The van der Waals surface area contributed by atoms with Gasteiger partial charge in [0, 0.05) is 30.9 Å². The summed E-state index contributed by atoms with van der Waals surface area (Å²) in [6, 6.07) is 6.67. The van der Waals surface area contributed by atoms with Gasteiger partial charge in [-0.05, 0) is 36.6 Å². The molecule has 2 unspecified atom stereocenters. The fourth-order valence-electron chi connectivity index (χ4n) is 3.51. The lowest BCUT2D eigenvalue weighted by Crippen LogP contribution is -2.52. The molecule has 1 aromatic heterocycles. The van der Waals surface area contributed by atoms with Crippen molar-refractivity contribution in [2.75, 3.05) is 13.7 Å². The van der Waals surface area contributed by atoms with Crippen molar-refractivity contribution >= 4 is 29.1 Å². The molecule has 3 rings (SSSR count). The summed E-state index contributed by atoms with van der Waals surface area (Å²) in [5.74, 6) is 0.666. The van der Waals surface area contributed by atoms with Crippen LogP contribution in [0.2, 0.25) is 10.0 Å². The van der Waals surface area contributed by atoms with E-state index >= 15 is 0 Å². The van der Waals surface area contributed by atoms with Crippen LogP contribution in [-0.2, 0) is 17.6 Å². The highest BCUT2D eigenvalue weighted by atomic mass is 35.5. The molecule has 0 spiro atoms. The molecule has 144 valence electrons. The number of hydrogen-bond donors (Lipinski definition) is 1. The average Bonchev–Trinajstić information content (AvgIpc) is 2.66. The Labute approximate surface area is 168 Å². The van der Waals surface area contributed by atoms with Crippen molar-refractivity contribution in [1.82, 2.24) is 9.88 Å². The number of hydrogen-bond acceptors (Lipinski definition) is 4. The van der Waals surface area contributed by atoms with Crippen LogP contribution in [0.1, 0.15) is 24.0 Å². The maximum atomic E-state index is 13.0. The number of halogens is 2. The number of carbonyl (C=O) groups is 1. The Hall–Kier alpha value is -1.82. The number of ether oxygens (including phenoxy) is 1. The lowest BCUT2D eigenvalue weighted by Gasteiger charge is -2.39. The molecule has 1 fully saturated rings. The summed E-state index contributed by atoms with van der Waals surface area (Å²) < 4.78 is 5.39. The van der Waals surface area contributed by atoms with Gasteiger partial charge in [-0.1, -0.05) is 29.3 Å². The summed E-state index contributed by atoms with van der Waals surface area (Å²) in [6.07, 6.45) is 4.95. The van der Waals surface area contributed by atoms with Crippen LogP contribution in [0.15, 0.2) is 36.7 Å². The Morgan fingerprint density at radius 2 is 2.15 bits per heavy atom. The van der Waals surface area contributed by atoms with Crippen molar-refractivity contribution in [3.63, 3.8) is 0 Å². The minimum atomic E-state index is -0.582. The van der Waals surface area contributed by atoms with E-state index in [1.807, 2.05) is 0 Å². The summed E-state index contributed by atoms with van der Waals surface area (Å²) in [5.41, 5.74) is 1.67. The number of benzene rings is 1. The quantitative estimate of drug-likeness (QED) is 0.821. The maximum absolute atomic E-state index is 13.0. The van der Waals surface area contributed by atoms with Crippen LogP contribution in [0.25, 0.3) is 0 Å². The Morgan fingerprint density at radius 1 is 1.33 bits per heavy atom. The lowest BCUT2D eigenvalue weighted by atomic mass is 9.92. The van der Waals surface area contributed by atoms with E-state index in [1.54, 1.807) is 48.7 Å². The van der Waals surface area contributed by atoms with E-state index in [9.17, 15) is 9.90 Å². The average molecular weight is 409 g/mol. The van der Waals surface area contributed by atoms with E-state index < -0.39 is 6.10 Å². The summed E-state index contributed by atoms with van der Waals surface area (Å²) in [6.45, 7) is 0.616. The van der Waals surface area contributed by atoms with E-state index in [0.717, 1.165) is 17.5 Å². The topological polar surface area (TPSA) is 62.7 Å². The highest BCUT2D eigenvalue weighted by molar-refractivity contribution is 6.42. The first-order chi connectivity index (χ1) is 13.0. The number of piperidine rings is 1. The molecule has 0 aliphatic carbocycles. The number of pyridine rings is 1. The third-order valence-corrected chi connectivity index (χ3v) is 5.65. The molecular formula is C20H22Cl2N2O3. The normalized spacial score (nSPS) is 19.8. The standard InChI is InChI=1S/C20H22Cl2N2O3/c1-27-19-6-7-23-12-14(19)11-17-18(25)3-2-8-24(17)20(26)10-13-4-5-15(21)16(22)9-13/h4-7,9,12,17-18,25H,2-3,8,10-11H2,1H3. The summed E-state index contributed by atoms with van der Waals surface area (Å²) >= 11 is 12.0. The largest absolute Gasteiger partial charge is 0.496 e. The number of likely N-dealkylation sites (tertiary alicyclic amines) is 1. The smallest absolute Gasteiger partial charge is 0.227 e. The molecule has 1 amide bonds. The monoisotopic (exact) mass is 408 g/mol. The summed E-state index contributed by atoms with van der Waals surface area (Å²) in [5, 5.41) is 11.5. The van der Waals surface area contributed by atoms with Crippen molar-refractivity contribution < 1.29 is 14.6 Å². The van der Waals surface area contributed by atoms with Crippen molar-refractivity contribution in [3.8, 4) is 5.75 Å². The summed E-state index contributed by atoms with van der Waals surface area (Å²) in [4.78, 5) is 18.9. The van der Waals surface area contributed by atoms with Gasteiger partial charge in [0.2, 0.25) is 5.91 Å². The molecular weight excluding hydrogens is 387 g/mol. The predicted octanol–water partition coefficient (Wildman–Crippen LogP) is 3.53. The van der Waals surface area contributed by atoms with Gasteiger partial charge < -0.3 is 14.7 Å². The Morgan fingerprint density at radius 3 is 2.89 bits per heavy atom. The molecule has 0 saturated carbocycles. The zero-order valence-electron chi connectivity index (χ0n) is 15.1. The van der Waals surface area contributed by atoms with Crippen molar-refractivity contribution in [2.24, 2.45) is 0 Å². The molecule has 1 N–H and O–H groups in total. The SMILES string of the molecule is COc1ccncc1CC1C(O)CCCN1C(=O)Cc1ccc(Cl)c(Cl)c1. The van der Waals surface area contributed by atoms with Crippen LogP contribution >= 0.6 is 23.2 Å². The Balaban J connectivity index is 1.78. The van der Waals surface area contributed by atoms with Gasteiger partial charge in [-0.2, -0.15) is 0 Å². The molecule has 1 aromatic carbocycles. The van der Waals surface area contributed by atoms with E-state index in [0.29, 0.717) is 35.2 Å². The van der Waals surface area contributed by atoms with E-state index in [4.69, 9.17) is 27.9 Å². The minimum Gasteiger partial charge on any atom is -0.496 e. The maximum Gasteiger partial charge on any atom is 0.227 e. The molecule has 5 nitrogen and oxygen atoms in total. The summed E-state index contributed by atoms with van der Waals surface area (Å²) in [7, 11) is 1.60. The molecule has 0 radical (unpaired) electrons.